The molecule has 0 spiro atoms. The van der Waals surface area contributed by atoms with Crippen LogP contribution >= 0.6 is 24.8 Å². The molecule has 1 unspecified atom stereocenters. The van der Waals surface area contributed by atoms with Gasteiger partial charge in [0.05, 0.1) is 0 Å². The molecule has 2 rings (SSSR count). The van der Waals surface area contributed by atoms with Gasteiger partial charge < -0.3 is 19.9 Å². The predicted octanol–water partition coefficient (Wildman–Crippen LogP) is 2.68. The van der Waals surface area contributed by atoms with Crippen LogP contribution in [0.3, 0.4) is 0 Å². The maximum Gasteiger partial charge on any atom is 0.253 e. The summed E-state index contributed by atoms with van der Waals surface area (Å²) in [6, 6.07) is 7.78. The summed E-state index contributed by atoms with van der Waals surface area (Å²) < 4.78 is 5.76. The van der Waals surface area contributed by atoms with Crippen molar-refractivity contribution in [2.45, 2.75) is 26.3 Å². The van der Waals surface area contributed by atoms with Gasteiger partial charge >= 0.3 is 0 Å². The first kappa shape index (κ1) is 24.0. The molecule has 1 atom stereocenters. The van der Waals surface area contributed by atoms with Crippen LogP contribution < -0.4 is 10.1 Å². The highest BCUT2D eigenvalue weighted by Gasteiger charge is 2.23. The number of amides is 1. The largest absolute Gasteiger partial charge is 0.492 e. The molecular weight excluding hydrogens is 361 g/mol. The number of likely N-dealkylation sites (N-methyl/N-ethyl adjacent to an activating group) is 2. The number of nitrogens with one attached hydrogen (secondary N) is 1. The van der Waals surface area contributed by atoms with E-state index in [1.54, 1.807) is 0 Å². The van der Waals surface area contributed by atoms with Crippen LogP contribution in [0.1, 0.15) is 30.6 Å². The number of carbonyl (C=O) groups is 1. The van der Waals surface area contributed by atoms with E-state index >= 15 is 0 Å². The number of hydrogen-bond acceptors (Lipinski definition) is 4. The van der Waals surface area contributed by atoms with E-state index in [0.29, 0.717) is 12.6 Å². The third-order valence-electron chi connectivity index (χ3n) is 4.57. The van der Waals surface area contributed by atoms with E-state index in [0.717, 1.165) is 50.5 Å². The third kappa shape index (κ3) is 7.02. The van der Waals surface area contributed by atoms with Crippen molar-refractivity contribution in [3.05, 3.63) is 29.8 Å². The number of rotatable bonds is 8. The molecule has 0 aliphatic carbocycles. The van der Waals surface area contributed by atoms with E-state index in [2.05, 4.69) is 24.1 Å². The third-order valence-corrected chi connectivity index (χ3v) is 4.57. The normalized spacial score (nSPS) is 16.1. The number of halogens is 2. The van der Waals surface area contributed by atoms with Crippen LogP contribution in [-0.4, -0.2) is 68.1 Å². The number of nitrogens with zero attached hydrogens (tertiary/aromatic N) is 2. The highest BCUT2D eigenvalue weighted by Crippen LogP contribution is 2.16. The van der Waals surface area contributed by atoms with Crippen molar-refractivity contribution in [3.8, 4) is 5.75 Å². The standard InChI is InChI=1S/C18H29N3O2.2ClH/c1-4-21(5-2)12-13-23-17-8-6-15(7-9-17)18(22)20(3)16-10-11-19-14-16;;/h6-9,16,19H,4-5,10-14H2,1-3H3;2*1H. The van der Waals surface area contributed by atoms with E-state index in [9.17, 15) is 4.79 Å². The Kier molecular flexibility index (Phi) is 11.9. The second kappa shape index (κ2) is 12.4. The van der Waals surface area contributed by atoms with Gasteiger partial charge in [-0.1, -0.05) is 13.8 Å². The van der Waals surface area contributed by atoms with Gasteiger partial charge in [0.25, 0.3) is 5.91 Å². The summed E-state index contributed by atoms with van der Waals surface area (Å²) in [6.45, 7) is 9.84. The highest BCUT2D eigenvalue weighted by molar-refractivity contribution is 5.94. The second-order valence-corrected chi connectivity index (χ2v) is 5.96. The van der Waals surface area contributed by atoms with Crippen molar-refractivity contribution in [2.75, 3.05) is 46.4 Å². The lowest BCUT2D eigenvalue weighted by atomic mass is 10.1. The molecule has 7 heteroatoms. The Morgan fingerprint density at radius 3 is 2.36 bits per heavy atom. The van der Waals surface area contributed by atoms with Crippen LogP contribution in [-0.2, 0) is 0 Å². The zero-order chi connectivity index (χ0) is 16.7. The van der Waals surface area contributed by atoms with Crippen LogP contribution in [0.15, 0.2) is 24.3 Å². The van der Waals surface area contributed by atoms with Crippen molar-refractivity contribution in [1.29, 1.82) is 0 Å². The number of ether oxygens (including phenoxy) is 1. The Balaban J connectivity index is 0.00000288. The molecule has 0 bridgehead atoms. The van der Waals surface area contributed by atoms with E-state index < -0.39 is 0 Å². The number of hydrogen-bond donors (Lipinski definition) is 1. The van der Waals surface area contributed by atoms with Crippen molar-refractivity contribution in [1.82, 2.24) is 15.1 Å². The zero-order valence-electron chi connectivity index (χ0n) is 15.4. The average molecular weight is 392 g/mol. The molecule has 25 heavy (non-hydrogen) atoms. The van der Waals surface area contributed by atoms with E-state index in [1.165, 1.54) is 0 Å². The Labute approximate surface area is 163 Å². The molecule has 1 heterocycles. The minimum absolute atomic E-state index is 0. The summed E-state index contributed by atoms with van der Waals surface area (Å²) in [6.07, 6.45) is 1.02. The fraction of sp³-hybridized carbons (Fsp3) is 0.611. The first-order chi connectivity index (χ1) is 11.2. The van der Waals surface area contributed by atoms with E-state index in [-0.39, 0.29) is 30.7 Å². The van der Waals surface area contributed by atoms with Crippen LogP contribution in [0, 0.1) is 0 Å². The summed E-state index contributed by atoms with van der Waals surface area (Å²) in [4.78, 5) is 16.6. The Morgan fingerprint density at radius 2 is 1.84 bits per heavy atom. The minimum Gasteiger partial charge on any atom is -0.492 e. The fourth-order valence-corrected chi connectivity index (χ4v) is 2.87. The first-order valence-electron chi connectivity index (χ1n) is 8.58. The van der Waals surface area contributed by atoms with Gasteiger partial charge in [0.15, 0.2) is 0 Å². The summed E-state index contributed by atoms with van der Waals surface area (Å²) in [5.41, 5.74) is 0.718. The molecule has 1 aliphatic heterocycles. The maximum absolute atomic E-state index is 12.5. The van der Waals surface area contributed by atoms with Crippen molar-refractivity contribution in [3.63, 3.8) is 0 Å². The average Bonchev–Trinajstić information content (AvgIpc) is 3.12. The molecule has 0 radical (unpaired) electrons. The van der Waals surface area contributed by atoms with Gasteiger partial charge in [0.1, 0.15) is 12.4 Å². The quantitative estimate of drug-likeness (QED) is 0.739. The number of carbonyl (C=O) groups excluding carboxylic acids is 1. The van der Waals surface area contributed by atoms with Crippen LogP contribution in [0.5, 0.6) is 5.75 Å². The van der Waals surface area contributed by atoms with Gasteiger partial charge in [-0.05, 0) is 50.3 Å². The lowest BCUT2D eigenvalue weighted by Gasteiger charge is -2.24. The lowest BCUT2D eigenvalue weighted by molar-refractivity contribution is 0.0743. The van der Waals surface area contributed by atoms with E-state index in [1.807, 2.05) is 36.2 Å². The Hall–Kier alpha value is -1.01. The summed E-state index contributed by atoms with van der Waals surface area (Å²) >= 11 is 0. The lowest BCUT2D eigenvalue weighted by Crippen LogP contribution is -2.38. The monoisotopic (exact) mass is 391 g/mol. The molecular formula is C18H31Cl2N3O2. The van der Waals surface area contributed by atoms with Crippen LogP contribution in [0.2, 0.25) is 0 Å². The molecule has 1 fully saturated rings. The molecule has 1 aromatic rings. The summed E-state index contributed by atoms with van der Waals surface area (Å²) in [5.74, 6) is 0.896. The molecule has 1 amide bonds. The van der Waals surface area contributed by atoms with Crippen molar-refractivity contribution < 1.29 is 9.53 Å². The van der Waals surface area contributed by atoms with Gasteiger partial charge in [0.2, 0.25) is 0 Å². The molecule has 5 nitrogen and oxygen atoms in total. The van der Waals surface area contributed by atoms with E-state index in [4.69, 9.17) is 4.74 Å². The SMILES string of the molecule is CCN(CC)CCOc1ccc(C(=O)N(C)C2CCNC2)cc1.Cl.Cl. The molecule has 1 aromatic carbocycles. The molecule has 0 aromatic heterocycles. The van der Waals surface area contributed by atoms with Crippen LogP contribution in [0.4, 0.5) is 0 Å². The molecule has 144 valence electrons. The zero-order valence-corrected chi connectivity index (χ0v) is 17.0. The smallest absolute Gasteiger partial charge is 0.253 e. The second-order valence-electron chi connectivity index (χ2n) is 5.96. The maximum atomic E-state index is 12.5. The molecule has 1 saturated heterocycles. The molecule has 0 saturated carbocycles. The fourth-order valence-electron chi connectivity index (χ4n) is 2.87. The van der Waals surface area contributed by atoms with Gasteiger partial charge in [-0.2, -0.15) is 0 Å². The molecule has 1 N–H and O–H groups in total. The highest BCUT2D eigenvalue weighted by atomic mass is 35.5. The summed E-state index contributed by atoms with van der Waals surface area (Å²) in [5, 5.41) is 3.29. The van der Waals surface area contributed by atoms with Crippen molar-refractivity contribution in [2.24, 2.45) is 0 Å². The van der Waals surface area contributed by atoms with Gasteiger partial charge in [-0.15, -0.1) is 24.8 Å². The number of benzene rings is 1. The van der Waals surface area contributed by atoms with Crippen molar-refractivity contribution >= 4 is 30.7 Å². The summed E-state index contributed by atoms with van der Waals surface area (Å²) in [7, 11) is 1.88. The van der Waals surface area contributed by atoms with Crippen LogP contribution in [0.25, 0.3) is 0 Å². The topological polar surface area (TPSA) is 44.8 Å². The van der Waals surface area contributed by atoms with Gasteiger partial charge in [0, 0.05) is 31.7 Å². The molecule has 1 aliphatic rings. The van der Waals surface area contributed by atoms with Gasteiger partial charge in [-0.25, -0.2) is 0 Å². The Morgan fingerprint density at radius 1 is 1.20 bits per heavy atom. The predicted molar refractivity (Wildman–Crippen MR) is 108 cm³/mol. The Bertz CT molecular complexity index is 490. The first-order valence-corrected chi connectivity index (χ1v) is 8.58. The van der Waals surface area contributed by atoms with Gasteiger partial charge in [-0.3, -0.25) is 4.79 Å². The minimum atomic E-state index is 0.